The van der Waals surface area contributed by atoms with Crippen molar-refractivity contribution in [3.05, 3.63) is 36.0 Å². The van der Waals surface area contributed by atoms with E-state index in [1.807, 2.05) is 7.05 Å². The van der Waals surface area contributed by atoms with Crippen LogP contribution in [0.4, 0.5) is 0 Å². The fourth-order valence-electron chi connectivity index (χ4n) is 3.93. The minimum absolute atomic E-state index is 0. The quantitative estimate of drug-likeness (QED) is 0.320. The molecule has 0 amide bonds. The van der Waals surface area contributed by atoms with Crippen LogP contribution in [0.15, 0.2) is 35.5 Å². The largest absolute Gasteiger partial charge is 0.361 e. The van der Waals surface area contributed by atoms with Crippen LogP contribution in [0.3, 0.4) is 0 Å². The Morgan fingerprint density at radius 1 is 1.15 bits per heavy atom. The molecule has 1 aliphatic carbocycles. The Morgan fingerprint density at radius 2 is 1.89 bits per heavy atom. The van der Waals surface area contributed by atoms with Gasteiger partial charge in [0.25, 0.3) is 0 Å². The standard InChI is InChI=1S/C21H33N5.HI/c1-22-21(24-14-15-26(2)18-8-4-3-5-9-18)23-13-12-17-16-25-20-11-7-6-10-19(17)20;/h6-7,10-11,16,18,25H,3-5,8-9,12-15H2,1-2H3,(H2,22,23,24);1H. The zero-order valence-corrected chi connectivity index (χ0v) is 19.0. The number of aromatic nitrogens is 1. The molecule has 1 aromatic heterocycles. The van der Waals surface area contributed by atoms with Crippen molar-refractivity contribution in [3.8, 4) is 0 Å². The highest BCUT2D eigenvalue weighted by atomic mass is 127. The summed E-state index contributed by atoms with van der Waals surface area (Å²) in [5.41, 5.74) is 2.55. The fourth-order valence-corrected chi connectivity index (χ4v) is 3.93. The number of aromatic amines is 1. The van der Waals surface area contributed by atoms with Gasteiger partial charge in [-0.2, -0.15) is 0 Å². The van der Waals surface area contributed by atoms with E-state index >= 15 is 0 Å². The lowest BCUT2D eigenvalue weighted by Gasteiger charge is -2.31. The first kappa shape index (κ1) is 22.0. The summed E-state index contributed by atoms with van der Waals surface area (Å²) in [6.45, 7) is 2.87. The first-order valence-electron chi connectivity index (χ1n) is 9.97. The molecule has 1 aliphatic rings. The van der Waals surface area contributed by atoms with Crippen LogP contribution in [0.2, 0.25) is 0 Å². The van der Waals surface area contributed by atoms with Gasteiger partial charge in [0, 0.05) is 49.8 Å². The Balaban J connectivity index is 0.00000261. The van der Waals surface area contributed by atoms with Crippen LogP contribution in [0.5, 0.6) is 0 Å². The lowest BCUT2D eigenvalue weighted by atomic mass is 9.94. The number of likely N-dealkylation sites (N-methyl/N-ethyl adjacent to an activating group) is 1. The summed E-state index contributed by atoms with van der Waals surface area (Å²) >= 11 is 0. The van der Waals surface area contributed by atoms with Crippen molar-refractivity contribution in [2.45, 2.75) is 44.6 Å². The molecular weight excluding hydrogens is 449 g/mol. The molecule has 1 saturated carbocycles. The Bertz CT molecular complexity index is 705. The number of fused-ring (bicyclic) bond motifs is 1. The molecule has 0 unspecified atom stereocenters. The molecule has 1 aromatic carbocycles. The normalized spacial score (nSPS) is 15.7. The average Bonchev–Trinajstić information content (AvgIpc) is 3.10. The van der Waals surface area contributed by atoms with Crippen LogP contribution in [0.1, 0.15) is 37.7 Å². The summed E-state index contributed by atoms with van der Waals surface area (Å²) in [5.74, 6) is 0.891. The average molecular weight is 483 g/mol. The minimum atomic E-state index is 0. The molecule has 6 heteroatoms. The van der Waals surface area contributed by atoms with Gasteiger partial charge in [0.1, 0.15) is 0 Å². The summed E-state index contributed by atoms with van der Waals surface area (Å²) in [5, 5.41) is 8.19. The molecular formula is C21H34IN5. The number of guanidine groups is 1. The molecule has 0 radical (unpaired) electrons. The summed E-state index contributed by atoms with van der Waals surface area (Å²) < 4.78 is 0. The van der Waals surface area contributed by atoms with Crippen LogP contribution in [-0.2, 0) is 6.42 Å². The Kier molecular flexibility index (Phi) is 9.41. The highest BCUT2D eigenvalue weighted by Crippen LogP contribution is 2.21. The number of hydrogen-bond donors (Lipinski definition) is 3. The molecule has 1 fully saturated rings. The molecule has 2 aromatic rings. The molecule has 5 nitrogen and oxygen atoms in total. The number of nitrogens with one attached hydrogen (secondary N) is 3. The van der Waals surface area contributed by atoms with E-state index in [0.29, 0.717) is 0 Å². The number of benzene rings is 1. The molecule has 0 aliphatic heterocycles. The fraction of sp³-hybridized carbons (Fsp3) is 0.571. The van der Waals surface area contributed by atoms with E-state index in [2.05, 4.69) is 63.0 Å². The van der Waals surface area contributed by atoms with Gasteiger partial charge in [-0.3, -0.25) is 4.99 Å². The third-order valence-corrected chi connectivity index (χ3v) is 5.54. The van der Waals surface area contributed by atoms with Gasteiger partial charge < -0.3 is 20.5 Å². The van der Waals surface area contributed by atoms with Gasteiger partial charge in [-0.1, -0.05) is 37.5 Å². The van der Waals surface area contributed by atoms with Crippen molar-refractivity contribution in [3.63, 3.8) is 0 Å². The van der Waals surface area contributed by atoms with E-state index in [9.17, 15) is 0 Å². The predicted octanol–water partition coefficient (Wildman–Crippen LogP) is 3.76. The summed E-state index contributed by atoms with van der Waals surface area (Å²) in [6.07, 6.45) is 9.99. The van der Waals surface area contributed by atoms with Gasteiger partial charge in [0.15, 0.2) is 5.96 Å². The predicted molar refractivity (Wildman–Crippen MR) is 126 cm³/mol. The van der Waals surface area contributed by atoms with E-state index < -0.39 is 0 Å². The maximum atomic E-state index is 4.35. The van der Waals surface area contributed by atoms with E-state index in [-0.39, 0.29) is 24.0 Å². The number of hydrogen-bond acceptors (Lipinski definition) is 2. The lowest BCUT2D eigenvalue weighted by molar-refractivity contribution is 0.194. The minimum Gasteiger partial charge on any atom is -0.361 e. The number of rotatable bonds is 7. The van der Waals surface area contributed by atoms with E-state index in [1.165, 1.54) is 48.6 Å². The molecule has 0 saturated heterocycles. The second-order valence-electron chi connectivity index (χ2n) is 7.31. The summed E-state index contributed by atoms with van der Waals surface area (Å²) in [6, 6.07) is 9.22. The maximum absolute atomic E-state index is 4.35. The Hall–Kier alpha value is -1.28. The first-order chi connectivity index (χ1) is 12.8. The smallest absolute Gasteiger partial charge is 0.191 e. The van der Waals surface area contributed by atoms with Crippen LogP contribution in [-0.4, -0.2) is 55.6 Å². The first-order valence-corrected chi connectivity index (χ1v) is 9.97. The van der Waals surface area contributed by atoms with Crippen molar-refractivity contribution in [1.82, 2.24) is 20.5 Å². The summed E-state index contributed by atoms with van der Waals surface area (Å²) in [4.78, 5) is 10.2. The second-order valence-corrected chi connectivity index (χ2v) is 7.31. The summed E-state index contributed by atoms with van der Waals surface area (Å²) in [7, 11) is 4.09. The van der Waals surface area contributed by atoms with Crippen molar-refractivity contribution >= 4 is 40.8 Å². The number of para-hydroxylation sites is 1. The molecule has 1 heterocycles. The number of nitrogens with zero attached hydrogens (tertiary/aromatic N) is 2. The van der Waals surface area contributed by atoms with Crippen LogP contribution in [0, 0.1) is 0 Å². The van der Waals surface area contributed by atoms with Crippen molar-refractivity contribution in [1.29, 1.82) is 0 Å². The van der Waals surface area contributed by atoms with Gasteiger partial charge in [-0.25, -0.2) is 0 Å². The van der Waals surface area contributed by atoms with Gasteiger partial charge in [0.05, 0.1) is 0 Å². The molecule has 150 valence electrons. The van der Waals surface area contributed by atoms with Gasteiger partial charge >= 0.3 is 0 Å². The highest BCUT2D eigenvalue weighted by molar-refractivity contribution is 14.0. The van der Waals surface area contributed by atoms with Crippen molar-refractivity contribution in [2.75, 3.05) is 33.7 Å². The third-order valence-electron chi connectivity index (χ3n) is 5.54. The zero-order chi connectivity index (χ0) is 18.2. The molecule has 3 N–H and O–H groups in total. The van der Waals surface area contributed by atoms with Crippen LogP contribution in [0.25, 0.3) is 10.9 Å². The molecule has 3 rings (SSSR count). The van der Waals surface area contributed by atoms with Crippen LogP contribution < -0.4 is 10.6 Å². The third kappa shape index (κ3) is 6.38. The van der Waals surface area contributed by atoms with Gasteiger partial charge in [-0.05, 0) is 37.9 Å². The molecule has 0 atom stereocenters. The van der Waals surface area contributed by atoms with E-state index in [0.717, 1.165) is 38.1 Å². The topological polar surface area (TPSA) is 55.5 Å². The van der Waals surface area contributed by atoms with E-state index in [1.54, 1.807) is 0 Å². The van der Waals surface area contributed by atoms with Gasteiger partial charge in [-0.15, -0.1) is 24.0 Å². The number of H-pyrrole nitrogens is 1. The molecule has 0 bridgehead atoms. The lowest BCUT2D eigenvalue weighted by Crippen LogP contribution is -2.43. The SMILES string of the molecule is CN=C(NCCc1c[nH]c2ccccc12)NCCN(C)C1CCCCC1.I. The molecule has 27 heavy (non-hydrogen) atoms. The highest BCUT2D eigenvalue weighted by Gasteiger charge is 2.17. The van der Waals surface area contributed by atoms with Crippen molar-refractivity contribution < 1.29 is 0 Å². The monoisotopic (exact) mass is 483 g/mol. The Labute approximate surface area is 180 Å². The van der Waals surface area contributed by atoms with Crippen LogP contribution >= 0.6 is 24.0 Å². The van der Waals surface area contributed by atoms with Gasteiger partial charge in [0.2, 0.25) is 0 Å². The van der Waals surface area contributed by atoms with E-state index in [4.69, 9.17) is 0 Å². The Morgan fingerprint density at radius 3 is 2.67 bits per heavy atom. The second kappa shape index (κ2) is 11.5. The van der Waals surface area contributed by atoms with Crippen molar-refractivity contribution in [2.24, 2.45) is 4.99 Å². The number of halogens is 1. The number of aliphatic imine (C=N–C) groups is 1. The zero-order valence-electron chi connectivity index (χ0n) is 16.6. The molecule has 0 spiro atoms. The maximum Gasteiger partial charge on any atom is 0.191 e.